The molecule has 1 aromatic heterocycles. The van der Waals surface area contributed by atoms with Gasteiger partial charge in [0, 0.05) is 30.4 Å². The Labute approximate surface area is 136 Å². The Bertz CT molecular complexity index is 669. The van der Waals surface area contributed by atoms with Crippen LogP contribution in [0.4, 0.5) is 4.39 Å². The highest BCUT2D eigenvalue weighted by atomic mass is 19.1. The lowest BCUT2D eigenvalue weighted by molar-refractivity contribution is 0.198. The summed E-state index contributed by atoms with van der Waals surface area (Å²) in [5.74, 6) is 0.869. The van der Waals surface area contributed by atoms with E-state index in [-0.39, 0.29) is 5.82 Å². The van der Waals surface area contributed by atoms with E-state index in [1.165, 1.54) is 6.07 Å². The van der Waals surface area contributed by atoms with Crippen molar-refractivity contribution in [2.24, 2.45) is 0 Å². The van der Waals surface area contributed by atoms with E-state index in [0.717, 1.165) is 37.3 Å². The van der Waals surface area contributed by atoms with Crippen molar-refractivity contribution < 1.29 is 9.13 Å². The van der Waals surface area contributed by atoms with Crippen molar-refractivity contribution in [1.29, 1.82) is 0 Å². The summed E-state index contributed by atoms with van der Waals surface area (Å²) in [5, 5.41) is 0. The normalized spacial score (nSPS) is 16.5. The van der Waals surface area contributed by atoms with Gasteiger partial charge in [-0.05, 0) is 45.0 Å². The van der Waals surface area contributed by atoms with E-state index in [0.29, 0.717) is 23.8 Å². The fourth-order valence-electron chi connectivity index (χ4n) is 3.17. The van der Waals surface area contributed by atoms with Gasteiger partial charge in [-0.25, -0.2) is 4.39 Å². The summed E-state index contributed by atoms with van der Waals surface area (Å²) in [6, 6.07) is 4.99. The molecule has 0 spiro atoms. The molecule has 0 unspecified atom stereocenters. The van der Waals surface area contributed by atoms with Gasteiger partial charge in [0.25, 0.3) is 0 Å². The van der Waals surface area contributed by atoms with Crippen LogP contribution in [0.2, 0.25) is 0 Å². The molecule has 1 aliphatic rings. The van der Waals surface area contributed by atoms with Crippen LogP contribution in [0.25, 0.3) is 0 Å². The molecule has 4 nitrogen and oxygen atoms in total. The van der Waals surface area contributed by atoms with Crippen LogP contribution in [0, 0.1) is 12.7 Å². The lowest BCUT2D eigenvalue weighted by Gasteiger charge is -2.32. The van der Waals surface area contributed by atoms with E-state index < -0.39 is 0 Å². The van der Waals surface area contributed by atoms with Crippen molar-refractivity contribution in [3.63, 3.8) is 0 Å². The third-order valence-corrected chi connectivity index (χ3v) is 4.46. The molecule has 0 saturated carbocycles. The van der Waals surface area contributed by atoms with Gasteiger partial charge in [0.05, 0.1) is 18.5 Å². The van der Waals surface area contributed by atoms with Crippen LogP contribution in [-0.4, -0.2) is 35.1 Å². The van der Waals surface area contributed by atoms with Crippen LogP contribution >= 0.6 is 0 Å². The van der Waals surface area contributed by atoms with Gasteiger partial charge in [-0.2, -0.15) is 0 Å². The molecule has 1 saturated heterocycles. The third kappa shape index (κ3) is 3.67. The minimum Gasteiger partial charge on any atom is -0.496 e. The quantitative estimate of drug-likeness (QED) is 0.867. The van der Waals surface area contributed by atoms with Crippen molar-refractivity contribution in [2.75, 3.05) is 20.2 Å². The molecular formula is C18H22FN3O. The maximum absolute atomic E-state index is 14.1. The zero-order valence-electron chi connectivity index (χ0n) is 13.6. The van der Waals surface area contributed by atoms with Crippen LogP contribution < -0.4 is 4.74 Å². The SMILES string of the molecule is COc1cccc(F)c1CN1CCC(c2cncc(C)n2)CC1. The molecule has 3 rings (SSSR count). The number of rotatable bonds is 4. The molecule has 122 valence electrons. The first-order valence-corrected chi connectivity index (χ1v) is 7.99. The fourth-order valence-corrected chi connectivity index (χ4v) is 3.17. The Morgan fingerprint density at radius 3 is 2.74 bits per heavy atom. The topological polar surface area (TPSA) is 38.2 Å². The molecule has 0 atom stereocenters. The Hall–Kier alpha value is -2.01. The summed E-state index contributed by atoms with van der Waals surface area (Å²) >= 11 is 0. The number of hydrogen-bond donors (Lipinski definition) is 0. The van der Waals surface area contributed by atoms with Gasteiger partial charge in [0.15, 0.2) is 0 Å². The molecule has 0 radical (unpaired) electrons. The summed E-state index contributed by atoms with van der Waals surface area (Å²) in [7, 11) is 1.58. The van der Waals surface area contributed by atoms with Crippen LogP contribution in [0.5, 0.6) is 5.75 Å². The molecule has 1 fully saturated rings. The first-order valence-electron chi connectivity index (χ1n) is 7.99. The summed E-state index contributed by atoms with van der Waals surface area (Å²) in [5.41, 5.74) is 2.68. The second-order valence-corrected chi connectivity index (χ2v) is 6.06. The zero-order chi connectivity index (χ0) is 16.2. The molecule has 0 N–H and O–H groups in total. The summed E-state index contributed by atoms with van der Waals surface area (Å²) in [6.45, 7) is 4.41. The van der Waals surface area contributed by atoms with E-state index in [2.05, 4.69) is 14.9 Å². The molecular weight excluding hydrogens is 293 g/mol. The molecule has 2 heterocycles. The minimum atomic E-state index is -0.198. The largest absolute Gasteiger partial charge is 0.496 e. The fraction of sp³-hybridized carbons (Fsp3) is 0.444. The van der Waals surface area contributed by atoms with Gasteiger partial charge in [-0.15, -0.1) is 0 Å². The van der Waals surface area contributed by atoms with E-state index >= 15 is 0 Å². The Morgan fingerprint density at radius 2 is 2.04 bits per heavy atom. The minimum absolute atomic E-state index is 0.198. The number of halogens is 1. The highest BCUT2D eigenvalue weighted by Gasteiger charge is 2.23. The second kappa shape index (κ2) is 7.04. The molecule has 0 amide bonds. The summed E-state index contributed by atoms with van der Waals surface area (Å²) in [4.78, 5) is 11.1. The monoisotopic (exact) mass is 315 g/mol. The Balaban J connectivity index is 1.64. The number of methoxy groups -OCH3 is 1. The van der Waals surface area contributed by atoms with Gasteiger partial charge in [-0.1, -0.05) is 6.07 Å². The van der Waals surface area contributed by atoms with E-state index in [1.54, 1.807) is 19.4 Å². The van der Waals surface area contributed by atoms with Crippen LogP contribution in [0.15, 0.2) is 30.6 Å². The number of hydrogen-bond acceptors (Lipinski definition) is 4. The maximum atomic E-state index is 14.1. The van der Waals surface area contributed by atoms with Gasteiger partial charge in [-0.3, -0.25) is 14.9 Å². The Kier molecular flexibility index (Phi) is 4.86. The average Bonchev–Trinajstić information content (AvgIpc) is 2.57. The van der Waals surface area contributed by atoms with Crippen LogP contribution in [0.1, 0.15) is 35.7 Å². The lowest BCUT2D eigenvalue weighted by Crippen LogP contribution is -2.33. The predicted molar refractivity (Wildman–Crippen MR) is 87.0 cm³/mol. The molecule has 0 bridgehead atoms. The molecule has 1 aliphatic heterocycles. The number of likely N-dealkylation sites (tertiary alicyclic amines) is 1. The lowest BCUT2D eigenvalue weighted by atomic mass is 9.93. The smallest absolute Gasteiger partial charge is 0.131 e. The molecule has 2 aromatic rings. The molecule has 1 aromatic carbocycles. The van der Waals surface area contributed by atoms with Gasteiger partial charge >= 0.3 is 0 Å². The van der Waals surface area contributed by atoms with Crippen LogP contribution in [-0.2, 0) is 6.54 Å². The van der Waals surface area contributed by atoms with Crippen molar-refractivity contribution in [1.82, 2.24) is 14.9 Å². The summed E-state index contributed by atoms with van der Waals surface area (Å²) in [6.07, 6.45) is 5.69. The van der Waals surface area contributed by atoms with Crippen molar-refractivity contribution >= 4 is 0 Å². The second-order valence-electron chi connectivity index (χ2n) is 6.06. The molecule has 0 aliphatic carbocycles. The van der Waals surface area contributed by atoms with E-state index in [9.17, 15) is 4.39 Å². The number of benzene rings is 1. The highest BCUT2D eigenvalue weighted by molar-refractivity contribution is 5.34. The van der Waals surface area contributed by atoms with Gasteiger partial charge in [0.1, 0.15) is 11.6 Å². The van der Waals surface area contributed by atoms with Crippen molar-refractivity contribution in [3.8, 4) is 5.75 Å². The van der Waals surface area contributed by atoms with Crippen molar-refractivity contribution in [2.45, 2.75) is 32.2 Å². The number of aryl methyl sites for hydroxylation is 1. The first kappa shape index (κ1) is 15.9. The van der Waals surface area contributed by atoms with E-state index in [1.807, 2.05) is 19.2 Å². The van der Waals surface area contributed by atoms with Gasteiger partial charge < -0.3 is 4.74 Å². The third-order valence-electron chi connectivity index (χ3n) is 4.46. The van der Waals surface area contributed by atoms with Gasteiger partial charge in [0.2, 0.25) is 0 Å². The highest BCUT2D eigenvalue weighted by Crippen LogP contribution is 2.29. The number of piperidine rings is 1. The Morgan fingerprint density at radius 1 is 1.26 bits per heavy atom. The average molecular weight is 315 g/mol. The summed E-state index contributed by atoms with van der Waals surface area (Å²) < 4.78 is 19.3. The standard InChI is InChI=1S/C18H22FN3O/c1-13-10-20-11-17(21-13)14-6-8-22(9-7-14)12-15-16(19)4-3-5-18(15)23-2/h3-5,10-11,14H,6-9,12H2,1-2H3. The van der Waals surface area contributed by atoms with Crippen LogP contribution in [0.3, 0.4) is 0 Å². The number of ether oxygens (including phenoxy) is 1. The molecule has 5 heteroatoms. The maximum Gasteiger partial charge on any atom is 0.131 e. The first-order chi connectivity index (χ1) is 11.2. The van der Waals surface area contributed by atoms with E-state index in [4.69, 9.17) is 4.74 Å². The predicted octanol–water partition coefficient (Wildman–Crippen LogP) is 3.31. The zero-order valence-corrected chi connectivity index (χ0v) is 13.6. The van der Waals surface area contributed by atoms with Crippen molar-refractivity contribution in [3.05, 3.63) is 53.4 Å². The number of nitrogens with zero attached hydrogens (tertiary/aromatic N) is 3. The molecule has 23 heavy (non-hydrogen) atoms. The number of aromatic nitrogens is 2.